The lowest BCUT2D eigenvalue weighted by atomic mass is 10.1. The second kappa shape index (κ2) is 6.05. The summed E-state index contributed by atoms with van der Waals surface area (Å²) in [7, 11) is 0. The fourth-order valence-corrected chi connectivity index (χ4v) is 1.38. The molecular weight excluding hydrogens is 180 g/mol. The topological polar surface area (TPSA) is 77.9 Å². The summed E-state index contributed by atoms with van der Waals surface area (Å²) >= 11 is 0. The van der Waals surface area contributed by atoms with Crippen molar-refractivity contribution >= 4 is 5.91 Å². The van der Waals surface area contributed by atoms with E-state index in [4.69, 9.17) is 5.53 Å². The molecule has 76 valence electrons. The van der Waals surface area contributed by atoms with Crippen LogP contribution in [0.5, 0.6) is 0 Å². The number of allylic oxidation sites excluding steroid dienone is 2. The van der Waals surface area contributed by atoms with Gasteiger partial charge in [-0.3, -0.25) is 4.79 Å². The smallest absolute Gasteiger partial charge is 0.223 e. The molecule has 0 bridgehead atoms. The fourth-order valence-electron chi connectivity index (χ4n) is 1.38. The van der Waals surface area contributed by atoms with E-state index < -0.39 is 0 Å². The number of nitrogens with one attached hydrogen (secondary N) is 1. The van der Waals surface area contributed by atoms with Gasteiger partial charge in [-0.1, -0.05) is 17.3 Å². The highest BCUT2D eigenvalue weighted by atomic mass is 16.1. The van der Waals surface area contributed by atoms with Crippen molar-refractivity contribution in [1.29, 1.82) is 0 Å². The molecule has 0 aliphatic heterocycles. The lowest BCUT2D eigenvalue weighted by Gasteiger charge is -2.09. The molecule has 1 amide bonds. The van der Waals surface area contributed by atoms with Gasteiger partial charge in [-0.25, -0.2) is 0 Å². The molecule has 5 heteroatoms. The molecule has 1 aliphatic carbocycles. The molecule has 0 radical (unpaired) electrons. The first kappa shape index (κ1) is 10.6. The third-order valence-electron chi connectivity index (χ3n) is 2.18. The Labute approximate surface area is 82.8 Å². The third kappa shape index (κ3) is 3.49. The normalized spacial score (nSPS) is 15.1. The second-order valence-electron chi connectivity index (χ2n) is 3.24. The van der Waals surface area contributed by atoms with Crippen LogP contribution in [0.15, 0.2) is 17.3 Å². The predicted molar refractivity (Wildman–Crippen MR) is 53.5 cm³/mol. The zero-order valence-electron chi connectivity index (χ0n) is 8.02. The van der Waals surface area contributed by atoms with Gasteiger partial charge in [-0.2, -0.15) is 0 Å². The van der Waals surface area contributed by atoms with Crippen LogP contribution in [0.1, 0.15) is 19.3 Å². The lowest BCUT2D eigenvalue weighted by Crippen LogP contribution is -2.30. The molecule has 0 aromatic heterocycles. The summed E-state index contributed by atoms with van der Waals surface area (Å²) in [6.45, 7) is 1.04. The van der Waals surface area contributed by atoms with Crippen molar-refractivity contribution in [3.05, 3.63) is 22.6 Å². The number of carbonyl (C=O) groups is 1. The molecular formula is C9H14N4O. The highest BCUT2D eigenvalue weighted by Gasteiger charge is 2.17. The molecule has 0 heterocycles. The first-order valence-corrected chi connectivity index (χ1v) is 4.78. The Bertz CT molecular complexity index is 260. The number of nitrogens with zero attached hydrogens (tertiary/aromatic N) is 3. The molecule has 0 saturated carbocycles. The second-order valence-corrected chi connectivity index (χ2v) is 3.24. The van der Waals surface area contributed by atoms with E-state index in [1.807, 2.05) is 12.2 Å². The molecule has 0 aromatic rings. The standard InChI is InChI=1S/C9H14N4O/c10-13-12-7-3-6-11-9(14)8-4-1-2-5-8/h1-2,8H,3-7H2,(H,11,14). The number of amides is 1. The summed E-state index contributed by atoms with van der Waals surface area (Å²) in [5, 5.41) is 6.20. The van der Waals surface area contributed by atoms with Crippen LogP contribution in [0.2, 0.25) is 0 Å². The van der Waals surface area contributed by atoms with Gasteiger partial charge in [0, 0.05) is 23.9 Å². The SMILES string of the molecule is [N-]=[N+]=NCCCNC(=O)C1CC=CC1. The van der Waals surface area contributed by atoms with Crippen LogP contribution >= 0.6 is 0 Å². The monoisotopic (exact) mass is 194 g/mol. The van der Waals surface area contributed by atoms with E-state index >= 15 is 0 Å². The van der Waals surface area contributed by atoms with Gasteiger partial charge in [-0.05, 0) is 24.8 Å². The van der Waals surface area contributed by atoms with Gasteiger partial charge in [-0.15, -0.1) is 0 Å². The Balaban J connectivity index is 2.06. The van der Waals surface area contributed by atoms with Crippen molar-refractivity contribution in [2.45, 2.75) is 19.3 Å². The van der Waals surface area contributed by atoms with E-state index in [1.54, 1.807) is 0 Å². The molecule has 0 unspecified atom stereocenters. The van der Waals surface area contributed by atoms with Crippen molar-refractivity contribution in [3.63, 3.8) is 0 Å². The Morgan fingerprint density at radius 2 is 2.29 bits per heavy atom. The summed E-state index contributed by atoms with van der Waals surface area (Å²) in [5.74, 6) is 0.227. The van der Waals surface area contributed by atoms with Gasteiger partial charge in [0.2, 0.25) is 5.91 Å². The maximum Gasteiger partial charge on any atom is 0.223 e. The third-order valence-corrected chi connectivity index (χ3v) is 2.18. The lowest BCUT2D eigenvalue weighted by molar-refractivity contribution is -0.124. The summed E-state index contributed by atoms with van der Waals surface area (Å²) in [6.07, 6.45) is 6.47. The summed E-state index contributed by atoms with van der Waals surface area (Å²) < 4.78 is 0. The van der Waals surface area contributed by atoms with Crippen molar-refractivity contribution < 1.29 is 4.79 Å². The first-order chi connectivity index (χ1) is 6.84. The maximum atomic E-state index is 11.4. The Morgan fingerprint density at radius 3 is 2.93 bits per heavy atom. The molecule has 0 fully saturated rings. The molecule has 5 nitrogen and oxygen atoms in total. The van der Waals surface area contributed by atoms with Gasteiger partial charge < -0.3 is 5.32 Å². The first-order valence-electron chi connectivity index (χ1n) is 4.78. The van der Waals surface area contributed by atoms with E-state index in [0.717, 1.165) is 12.8 Å². The van der Waals surface area contributed by atoms with Gasteiger partial charge in [0.1, 0.15) is 0 Å². The molecule has 14 heavy (non-hydrogen) atoms. The number of carbonyl (C=O) groups excluding carboxylic acids is 1. The average molecular weight is 194 g/mol. The molecule has 0 aromatic carbocycles. The Kier molecular flexibility index (Phi) is 4.58. The van der Waals surface area contributed by atoms with Gasteiger partial charge in [0.05, 0.1) is 0 Å². The van der Waals surface area contributed by atoms with E-state index in [1.165, 1.54) is 0 Å². The van der Waals surface area contributed by atoms with Crippen LogP contribution in [0, 0.1) is 5.92 Å². The molecule has 1 aliphatic rings. The van der Waals surface area contributed by atoms with Crippen LogP contribution in [-0.2, 0) is 4.79 Å². The van der Waals surface area contributed by atoms with E-state index in [9.17, 15) is 4.79 Å². The zero-order valence-corrected chi connectivity index (χ0v) is 8.02. The molecule has 1 N–H and O–H groups in total. The van der Waals surface area contributed by atoms with Crippen molar-refractivity contribution in [2.75, 3.05) is 13.1 Å². The molecule has 0 saturated heterocycles. The Morgan fingerprint density at radius 1 is 1.57 bits per heavy atom. The van der Waals surface area contributed by atoms with Crippen molar-refractivity contribution in [2.24, 2.45) is 11.0 Å². The number of azide groups is 1. The average Bonchev–Trinajstić information content (AvgIpc) is 2.70. The molecule has 0 atom stereocenters. The minimum atomic E-state index is 0.107. The van der Waals surface area contributed by atoms with E-state index in [0.29, 0.717) is 19.5 Å². The van der Waals surface area contributed by atoms with Crippen LogP contribution < -0.4 is 5.32 Å². The van der Waals surface area contributed by atoms with E-state index in [-0.39, 0.29) is 11.8 Å². The minimum Gasteiger partial charge on any atom is -0.356 e. The van der Waals surface area contributed by atoms with Crippen LogP contribution in [0.25, 0.3) is 10.4 Å². The molecule has 1 rings (SSSR count). The molecule has 0 spiro atoms. The van der Waals surface area contributed by atoms with Gasteiger partial charge in [0.25, 0.3) is 0 Å². The number of hydrogen-bond donors (Lipinski definition) is 1. The fraction of sp³-hybridized carbons (Fsp3) is 0.667. The summed E-state index contributed by atoms with van der Waals surface area (Å²) in [6, 6.07) is 0. The van der Waals surface area contributed by atoms with Crippen LogP contribution in [0.3, 0.4) is 0 Å². The summed E-state index contributed by atoms with van der Waals surface area (Å²) in [4.78, 5) is 14.1. The summed E-state index contributed by atoms with van der Waals surface area (Å²) in [5.41, 5.74) is 8.01. The minimum absolute atomic E-state index is 0.107. The van der Waals surface area contributed by atoms with Gasteiger partial charge in [0.15, 0.2) is 0 Å². The van der Waals surface area contributed by atoms with Crippen LogP contribution in [-0.4, -0.2) is 19.0 Å². The van der Waals surface area contributed by atoms with Crippen molar-refractivity contribution in [3.8, 4) is 0 Å². The Hall–Kier alpha value is -1.48. The quantitative estimate of drug-likeness (QED) is 0.234. The number of hydrogen-bond acceptors (Lipinski definition) is 2. The van der Waals surface area contributed by atoms with Gasteiger partial charge >= 0.3 is 0 Å². The zero-order chi connectivity index (χ0) is 10.2. The number of rotatable bonds is 5. The van der Waals surface area contributed by atoms with E-state index in [2.05, 4.69) is 15.3 Å². The van der Waals surface area contributed by atoms with Crippen LogP contribution in [0.4, 0.5) is 0 Å². The maximum absolute atomic E-state index is 11.4. The highest BCUT2D eigenvalue weighted by molar-refractivity contribution is 5.79. The van der Waals surface area contributed by atoms with Crippen molar-refractivity contribution in [1.82, 2.24) is 5.32 Å². The predicted octanol–water partition coefficient (Wildman–Crippen LogP) is 1.77. The highest BCUT2D eigenvalue weighted by Crippen LogP contribution is 2.17. The largest absolute Gasteiger partial charge is 0.356 e.